The topological polar surface area (TPSA) is 59.8 Å². The zero-order valence-corrected chi connectivity index (χ0v) is 22.2. The molecule has 0 atom stereocenters. The lowest BCUT2D eigenvalue weighted by molar-refractivity contribution is -0.113. The maximum absolute atomic E-state index is 12.8. The second-order valence-corrected chi connectivity index (χ2v) is 11.6. The fraction of sp³-hybridized carbons (Fsp3) is 0.444. The molecule has 1 aromatic heterocycles. The van der Waals surface area contributed by atoms with Crippen molar-refractivity contribution in [2.24, 2.45) is 0 Å². The van der Waals surface area contributed by atoms with Crippen molar-refractivity contribution in [3.05, 3.63) is 58.1 Å². The summed E-state index contributed by atoms with van der Waals surface area (Å²) in [6, 6.07) is 12.9. The molecule has 4 rings (SSSR count). The van der Waals surface area contributed by atoms with Gasteiger partial charge in [-0.25, -0.2) is 0 Å². The zero-order chi connectivity index (χ0) is 24.5. The highest BCUT2D eigenvalue weighted by atomic mass is 35.5. The minimum absolute atomic E-state index is 0.101. The van der Waals surface area contributed by atoms with E-state index in [4.69, 9.17) is 11.6 Å². The molecule has 1 aliphatic carbocycles. The summed E-state index contributed by atoms with van der Waals surface area (Å²) in [5.41, 5.74) is 5.16. The number of carbonyl (C=O) groups excluding carboxylic acids is 1. The Hall–Kier alpha value is -2.31. The fourth-order valence-electron chi connectivity index (χ4n) is 4.56. The number of nitrogens with one attached hydrogen (secondary N) is 1. The molecule has 0 aliphatic heterocycles. The number of hydrogen-bond donors (Lipinski definition) is 1. The van der Waals surface area contributed by atoms with Crippen LogP contribution < -0.4 is 5.32 Å². The summed E-state index contributed by atoms with van der Waals surface area (Å²) in [5.74, 6) is 1.03. The van der Waals surface area contributed by atoms with Crippen molar-refractivity contribution < 1.29 is 4.79 Å². The molecule has 34 heavy (non-hydrogen) atoms. The van der Waals surface area contributed by atoms with Crippen molar-refractivity contribution in [1.82, 2.24) is 14.8 Å². The van der Waals surface area contributed by atoms with Crippen LogP contribution in [0.1, 0.15) is 69.2 Å². The van der Waals surface area contributed by atoms with Crippen molar-refractivity contribution in [1.29, 1.82) is 0 Å². The number of aryl methyl sites for hydroxylation is 2. The molecule has 0 spiro atoms. The number of amides is 1. The van der Waals surface area contributed by atoms with Gasteiger partial charge in [-0.2, -0.15) is 0 Å². The van der Waals surface area contributed by atoms with Crippen molar-refractivity contribution in [3.63, 3.8) is 0 Å². The van der Waals surface area contributed by atoms with Gasteiger partial charge in [0.15, 0.2) is 11.0 Å². The predicted octanol–water partition coefficient (Wildman–Crippen LogP) is 7.36. The Balaban J connectivity index is 1.54. The number of aromatic nitrogens is 3. The molecule has 1 heterocycles. The second-order valence-electron chi connectivity index (χ2n) is 10.2. The fourth-order valence-corrected chi connectivity index (χ4v) is 5.74. The van der Waals surface area contributed by atoms with Crippen molar-refractivity contribution in [3.8, 4) is 11.4 Å². The Morgan fingerprint density at radius 2 is 1.79 bits per heavy atom. The van der Waals surface area contributed by atoms with Crippen molar-refractivity contribution in [2.45, 2.75) is 76.9 Å². The van der Waals surface area contributed by atoms with Gasteiger partial charge in [-0.3, -0.25) is 9.36 Å². The molecule has 2 aromatic carbocycles. The monoisotopic (exact) mass is 496 g/mol. The predicted molar refractivity (Wildman–Crippen MR) is 142 cm³/mol. The van der Waals surface area contributed by atoms with Crippen LogP contribution in [0.25, 0.3) is 11.4 Å². The first-order valence-corrected chi connectivity index (χ1v) is 13.2. The van der Waals surface area contributed by atoms with Gasteiger partial charge in [0.05, 0.1) is 16.5 Å². The van der Waals surface area contributed by atoms with Crippen LogP contribution in [-0.4, -0.2) is 26.4 Å². The summed E-state index contributed by atoms with van der Waals surface area (Å²) in [4.78, 5) is 12.8. The van der Waals surface area contributed by atoms with Crippen LogP contribution in [-0.2, 0) is 10.2 Å². The van der Waals surface area contributed by atoms with Crippen LogP contribution in [0.3, 0.4) is 0 Å². The van der Waals surface area contributed by atoms with E-state index in [1.165, 1.54) is 30.2 Å². The van der Waals surface area contributed by atoms with Gasteiger partial charge in [-0.05, 0) is 54.9 Å². The lowest BCUT2D eigenvalue weighted by Gasteiger charge is -2.20. The summed E-state index contributed by atoms with van der Waals surface area (Å²) in [6.07, 6.45) is 4.65. The van der Waals surface area contributed by atoms with Gasteiger partial charge in [-0.15, -0.1) is 10.2 Å². The third-order valence-corrected chi connectivity index (χ3v) is 7.63. The summed E-state index contributed by atoms with van der Waals surface area (Å²) >= 11 is 7.80. The van der Waals surface area contributed by atoms with E-state index in [1.807, 2.05) is 26.0 Å². The molecule has 1 aliphatic rings. The molecule has 1 fully saturated rings. The third-order valence-electron chi connectivity index (χ3n) is 6.39. The van der Waals surface area contributed by atoms with E-state index in [0.717, 1.165) is 40.5 Å². The van der Waals surface area contributed by atoms with Gasteiger partial charge in [0.25, 0.3) is 0 Å². The minimum atomic E-state index is -0.101. The van der Waals surface area contributed by atoms with E-state index in [1.54, 1.807) is 0 Å². The maximum Gasteiger partial charge on any atom is 0.234 e. The summed E-state index contributed by atoms with van der Waals surface area (Å²) in [5, 5.41) is 13.4. The molecule has 1 N–H and O–H groups in total. The summed E-state index contributed by atoms with van der Waals surface area (Å²) < 4.78 is 2.25. The van der Waals surface area contributed by atoms with E-state index < -0.39 is 0 Å². The third kappa shape index (κ3) is 5.49. The van der Waals surface area contributed by atoms with E-state index in [9.17, 15) is 4.79 Å². The first-order valence-electron chi connectivity index (χ1n) is 11.9. The molecule has 1 saturated carbocycles. The Labute approximate surface area is 211 Å². The highest BCUT2D eigenvalue weighted by Gasteiger charge is 2.26. The van der Waals surface area contributed by atoms with E-state index >= 15 is 0 Å². The van der Waals surface area contributed by atoms with E-state index in [-0.39, 0.29) is 17.1 Å². The van der Waals surface area contributed by atoms with Gasteiger partial charge in [0, 0.05) is 11.6 Å². The quantitative estimate of drug-likeness (QED) is 0.362. The normalized spacial score (nSPS) is 14.5. The highest BCUT2D eigenvalue weighted by Crippen LogP contribution is 2.37. The molecule has 5 nitrogen and oxygen atoms in total. The molecular weight excluding hydrogens is 464 g/mol. The minimum Gasteiger partial charge on any atom is -0.324 e. The first-order chi connectivity index (χ1) is 16.1. The van der Waals surface area contributed by atoms with Gasteiger partial charge in [0.1, 0.15) is 0 Å². The van der Waals surface area contributed by atoms with Crippen LogP contribution in [0.2, 0.25) is 5.02 Å². The lowest BCUT2D eigenvalue weighted by Crippen LogP contribution is -2.16. The number of carbonyl (C=O) groups is 1. The number of nitrogens with zero attached hydrogens (tertiary/aromatic N) is 3. The molecule has 7 heteroatoms. The average Bonchev–Trinajstić information content (AvgIpc) is 3.44. The smallest absolute Gasteiger partial charge is 0.234 e. The van der Waals surface area contributed by atoms with Crippen LogP contribution in [0.5, 0.6) is 0 Å². The largest absolute Gasteiger partial charge is 0.324 e. The Morgan fingerprint density at radius 1 is 1.12 bits per heavy atom. The number of benzene rings is 2. The number of hydrogen-bond acceptors (Lipinski definition) is 4. The summed E-state index contributed by atoms with van der Waals surface area (Å²) in [6.45, 7) is 10.6. The maximum atomic E-state index is 12.8. The number of anilines is 1. The standard InChI is InChI=1S/C27H33ClN4OS/c1-17-14-18(2)24(22(28)15-17)29-23(33)16-34-26-31-30-25(32(26)21-8-6-7-9-21)19-10-12-20(13-11-19)27(3,4)5/h10-15,21H,6-9,16H2,1-5H3,(H,29,33). The second kappa shape index (κ2) is 10.1. The number of thioether (sulfide) groups is 1. The first kappa shape index (κ1) is 24.8. The number of halogens is 1. The molecule has 3 aromatic rings. The molecule has 1 amide bonds. The lowest BCUT2D eigenvalue weighted by atomic mass is 9.86. The Kier molecular flexibility index (Phi) is 7.39. The average molecular weight is 497 g/mol. The summed E-state index contributed by atoms with van der Waals surface area (Å²) in [7, 11) is 0. The Morgan fingerprint density at radius 3 is 2.41 bits per heavy atom. The van der Waals surface area contributed by atoms with Crippen LogP contribution in [0.4, 0.5) is 5.69 Å². The van der Waals surface area contributed by atoms with Gasteiger partial charge >= 0.3 is 0 Å². The number of rotatable bonds is 6. The van der Waals surface area contributed by atoms with Crippen LogP contribution >= 0.6 is 23.4 Å². The van der Waals surface area contributed by atoms with E-state index in [0.29, 0.717) is 16.8 Å². The molecule has 0 saturated heterocycles. The molecular formula is C27H33ClN4OS. The molecule has 0 bridgehead atoms. The van der Waals surface area contributed by atoms with Crippen molar-refractivity contribution in [2.75, 3.05) is 11.1 Å². The van der Waals surface area contributed by atoms with Crippen LogP contribution in [0, 0.1) is 13.8 Å². The highest BCUT2D eigenvalue weighted by molar-refractivity contribution is 7.99. The molecule has 0 unspecified atom stereocenters. The molecule has 0 radical (unpaired) electrons. The van der Waals surface area contributed by atoms with Crippen LogP contribution in [0.15, 0.2) is 41.6 Å². The van der Waals surface area contributed by atoms with E-state index in [2.05, 4.69) is 65.1 Å². The zero-order valence-electron chi connectivity index (χ0n) is 20.6. The Bertz CT molecular complexity index is 1150. The van der Waals surface area contributed by atoms with Gasteiger partial charge in [0.2, 0.25) is 5.91 Å². The SMILES string of the molecule is Cc1cc(C)c(NC(=O)CSc2nnc(-c3ccc(C(C)(C)C)cc3)n2C2CCCC2)c(Cl)c1. The molecule has 180 valence electrons. The van der Waals surface area contributed by atoms with Gasteiger partial charge in [-0.1, -0.05) is 87.3 Å². The van der Waals surface area contributed by atoms with Gasteiger partial charge < -0.3 is 5.32 Å². The van der Waals surface area contributed by atoms with Crippen molar-refractivity contribution >= 4 is 35.0 Å².